The van der Waals surface area contributed by atoms with E-state index in [9.17, 15) is 9.59 Å². The topological polar surface area (TPSA) is 85.3 Å². The number of carbonyl (C=O) groups is 2. The predicted octanol–water partition coefficient (Wildman–Crippen LogP) is 3.24. The second kappa shape index (κ2) is 8.63. The van der Waals surface area contributed by atoms with Crippen LogP contribution in [-0.2, 0) is 16.0 Å². The summed E-state index contributed by atoms with van der Waals surface area (Å²) in [7, 11) is 0. The maximum absolute atomic E-state index is 13.4. The number of aromatic nitrogens is 3. The highest BCUT2D eigenvalue weighted by molar-refractivity contribution is 7.17. The molecular weight excluding hydrogens is 400 g/mol. The number of aryl methyl sites for hydroxylation is 1. The van der Waals surface area contributed by atoms with E-state index in [4.69, 9.17) is 4.74 Å². The number of esters is 1. The van der Waals surface area contributed by atoms with Crippen molar-refractivity contribution < 1.29 is 14.3 Å². The van der Waals surface area contributed by atoms with E-state index in [-0.39, 0.29) is 35.5 Å². The summed E-state index contributed by atoms with van der Waals surface area (Å²) >= 11 is 1.34. The molecule has 4 rings (SSSR count). The SMILES string of the molecule is CCOC(=O)[C@H]1[C@@H]2CN(C(=O)c3sc(-c4ncccn4)nc3CC)C[C@@H]2C=C[C@@H]1C. The Kier molecular flexibility index (Phi) is 5.94. The molecule has 30 heavy (non-hydrogen) atoms. The number of rotatable bonds is 5. The molecule has 7 nitrogen and oxygen atoms in total. The van der Waals surface area contributed by atoms with Crippen LogP contribution in [0.25, 0.3) is 10.8 Å². The lowest BCUT2D eigenvalue weighted by molar-refractivity contribution is -0.152. The van der Waals surface area contributed by atoms with Gasteiger partial charge in [-0.05, 0) is 37.2 Å². The molecule has 0 spiro atoms. The van der Waals surface area contributed by atoms with Crippen molar-refractivity contribution in [1.82, 2.24) is 19.9 Å². The van der Waals surface area contributed by atoms with Gasteiger partial charge in [0.15, 0.2) is 10.8 Å². The lowest BCUT2D eigenvalue weighted by atomic mass is 9.72. The molecule has 0 bridgehead atoms. The maximum atomic E-state index is 13.4. The largest absolute Gasteiger partial charge is 0.466 e. The summed E-state index contributed by atoms with van der Waals surface area (Å²) in [6.07, 6.45) is 8.25. The summed E-state index contributed by atoms with van der Waals surface area (Å²) in [6, 6.07) is 1.75. The van der Waals surface area contributed by atoms with Crippen LogP contribution in [-0.4, -0.2) is 51.4 Å². The van der Waals surface area contributed by atoms with Crippen molar-refractivity contribution in [2.45, 2.75) is 27.2 Å². The second-order valence-corrected chi connectivity index (χ2v) is 8.78. The third-order valence-electron chi connectivity index (χ3n) is 5.93. The minimum absolute atomic E-state index is 0.0235. The van der Waals surface area contributed by atoms with Crippen LogP contribution in [0.3, 0.4) is 0 Å². The van der Waals surface area contributed by atoms with E-state index < -0.39 is 0 Å². The van der Waals surface area contributed by atoms with Crippen LogP contribution in [0.2, 0.25) is 0 Å². The minimum atomic E-state index is -0.210. The molecule has 1 amide bonds. The van der Waals surface area contributed by atoms with E-state index in [1.807, 2.05) is 25.7 Å². The lowest BCUT2D eigenvalue weighted by Gasteiger charge is -2.31. The van der Waals surface area contributed by atoms with Crippen molar-refractivity contribution in [3.63, 3.8) is 0 Å². The highest BCUT2D eigenvalue weighted by Crippen LogP contribution is 2.41. The van der Waals surface area contributed by atoms with Gasteiger partial charge in [0.1, 0.15) is 4.88 Å². The average molecular weight is 427 g/mol. The van der Waals surface area contributed by atoms with Gasteiger partial charge in [0, 0.05) is 25.5 Å². The normalized spacial score (nSPS) is 25.2. The Morgan fingerprint density at radius 3 is 2.67 bits per heavy atom. The molecule has 2 aromatic rings. The molecule has 1 aliphatic heterocycles. The van der Waals surface area contributed by atoms with E-state index >= 15 is 0 Å². The third-order valence-corrected chi connectivity index (χ3v) is 7.01. The number of ether oxygens (including phenoxy) is 1. The summed E-state index contributed by atoms with van der Waals surface area (Å²) in [6.45, 7) is 7.40. The molecule has 0 saturated carbocycles. The Morgan fingerprint density at radius 1 is 1.20 bits per heavy atom. The van der Waals surface area contributed by atoms with Crippen molar-refractivity contribution in [2.75, 3.05) is 19.7 Å². The van der Waals surface area contributed by atoms with Gasteiger partial charge < -0.3 is 9.64 Å². The Hall–Kier alpha value is -2.61. The quantitative estimate of drug-likeness (QED) is 0.539. The fraction of sp³-hybridized carbons (Fsp3) is 0.500. The molecule has 1 aliphatic carbocycles. The summed E-state index contributed by atoms with van der Waals surface area (Å²) in [5, 5.41) is 0.658. The first-order valence-electron chi connectivity index (χ1n) is 10.4. The van der Waals surface area contributed by atoms with E-state index in [0.717, 1.165) is 5.69 Å². The number of likely N-dealkylation sites (tertiary alicyclic amines) is 1. The molecule has 0 unspecified atom stereocenters. The molecule has 2 aliphatic rings. The zero-order chi connectivity index (χ0) is 21.3. The van der Waals surface area contributed by atoms with Crippen molar-refractivity contribution in [3.05, 3.63) is 41.2 Å². The molecule has 0 radical (unpaired) electrons. The molecule has 1 fully saturated rings. The smallest absolute Gasteiger partial charge is 0.309 e. The summed E-state index contributed by atoms with van der Waals surface area (Å²) in [5.41, 5.74) is 0.771. The Labute approximate surface area is 180 Å². The van der Waals surface area contributed by atoms with Gasteiger partial charge in [-0.3, -0.25) is 9.59 Å². The number of hydrogen-bond donors (Lipinski definition) is 0. The molecule has 4 atom stereocenters. The summed E-state index contributed by atoms with van der Waals surface area (Å²) in [5.74, 6) is 0.511. The Morgan fingerprint density at radius 2 is 1.97 bits per heavy atom. The van der Waals surface area contributed by atoms with Crippen molar-refractivity contribution in [1.29, 1.82) is 0 Å². The number of thiazole rings is 1. The highest BCUT2D eigenvalue weighted by Gasteiger charge is 2.46. The molecule has 0 N–H and O–H groups in total. The van der Waals surface area contributed by atoms with Gasteiger partial charge in [0.2, 0.25) is 0 Å². The van der Waals surface area contributed by atoms with Crippen LogP contribution < -0.4 is 0 Å². The third kappa shape index (κ3) is 3.76. The van der Waals surface area contributed by atoms with Gasteiger partial charge >= 0.3 is 5.97 Å². The zero-order valence-electron chi connectivity index (χ0n) is 17.4. The fourth-order valence-electron chi connectivity index (χ4n) is 4.47. The maximum Gasteiger partial charge on any atom is 0.309 e. The number of carbonyl (C=O) groups excluding carboxylic acids is 2. The van der Waals surface area contributed by atoms with Crippen LogP contribution in [0.15, 0.2) is 30.6 Å². The van der Waals surface area contributed by atoms with E-state index in [1.165, 1.54) is 11.3 Å². The molecule has 2 aromatic heterocycles. The number of nitrogens with zero attached hydrogens (tertiary/aromatic N) is 4. The van der Waals surface area contributed by atoms with Gasteiger partial charge in [0.05, 0.1) is 18.2 Å². The van der Waals surface area contributed by atoms with Crippen LogP contribution in [0.1, 0.15) is 36.1 Å². The molecule has 3 heterocycles. The first kappa shape index (κ1) is 20.7. The van der Waals surface area contributed by atoms with Crippen LogP contribution >= 0.6 is 11.3 Å². The number of amides is 1. The van der Waals surface area contributed by atoms with E-state index in [0.29, 0.717) is 41.8 Å². The van der Waals surface area contributed by atoms with E-state index in [1.54, 1.807) is 18.5 Å². The first-order valence-corrected chi connectivity index (χ1v) is 11.3. The number of hydrogen-bond acceptors (Lipinski definition) is 7. The van der Waals surface area contributed by atoms with Gasteiger partial charge in [-0.1, -0.05) is 26.0 Å². The molecule has 1 saturated heterocycles. The van der Waals surface area contributed by atoms with E-state index in [2.05, 4.69) is 27.1 Å². The lowest BCUT2D eigenvalue weighted by Crippen LogP contribution is -2.37. The predicted molar refractivity (Wildman–Crippen MR) is 114 cm³/mol. The molecular formula is C22H26N4O3S. The highest BCUT2D eigenvalue weighted by atomic mass is 32.1. The molecule has 158 valence electrons. The first-order chi connectivity index (χ1) is 14.5. The van der Waals surface area contributed by atoms with Crippen LogP contribution in [0, 0.1) is 23.7 Å². The van der Waals surface area contributed by atoms with Crippen molar-refractivity contribution >= 4 is 23.2 Å². The average Bonchev–Trinajstić information content (AvgIpc) is 3.38. The second-order valence-electron chi connectivity index (χ2n) is 7.78. The standard InChI is InChI=1S/C22H26N4O3S/c1-4-16-18(30-20(25-16)19-23-9-6-10-24-19)21(27)26-11-14-8-7-13(3)17(15(14)12-26)22(28)29-5-2/h6-10,13-15,17H,4-5,11-12H2,1-3H3/t13-,14-,15+,17+/m0/s1. The van der Waals surface area contributed by atoms with Gasteiger partial charge in [-0.15, -0.1) is 11.3 Å². The van der Waals surface area contributed by atoms with Gasteiger partial charge in [0.25, 0.3) is 5.91 Å². The summed E-state index contributed by atoms with van der Waals surface area (Å²) < 4.78 is 5.33. The van der Waals surface area contributed by atoms with Gasteiger partial charge in [-0.2, -0.15) is 0 Å². The Balaban J connectivity index is 1.57. The number of allylic oxidation sites excluding steroid dienone is 1. The zero-order valence-corrected chi connectivity index (χ0v) is 18.3. The fourth-order valence-corrected chi connectivity index (χ4v) is 5.54. The molecule has 8 heteroatoms. The van der Waals surface area contributed by atoms with Crippen LogP contribution in [0.4, 0.5) is 0 Å². The minimum Gasteiger partial charge on any atom is -0.466 e. The Bertz CT molecular complexity index is 959. The van der Waals surface area contributed by atoms with Crippen molar-refractivity contribution in [3.8, 4) is 10.8 Å². The van der Waals surface area contributed by atoms with Crippen LogP contribution in [0.5, 0.6) is 0 Å². The van der Waals surface area contributed by atoms with Gasteiger partial charge in [-0.25, -0.2) is 15.0 Å². The summed E-state index contributed by atoms with van der Waals surface area (Å²) in [4.78, 5) is 41.6. The number of fused-ring (bicyclic) bond motifs is 1. The molecule has 0 aromatic carbocycles. The van der Waals surface area contributed by atoms with Crippen molar-refractivity contribution in [2.24, 2.45) is 23.7 Å². The monoisotopic (exact) mass is 426 g/mol.